The van der Waals surface area contributed by atoms with Crippen LogP contribution in [0.15, 0.2) is 35.3 Å². The van der Waals surface area contributed by atoms with Gasteiger partial charge in [0.2, 0.25) is 0 Å². The van der Waals surface area contributed by atoms with Gasteiger partial charge in [0.15, 0.2) is 0 Å². The number of H-pyrrole nitrogens is 1. The Hall–Kier alpha value is -2.43. The van der Waals surface area contributed by atoms with E-state index < -0.39 is 5.56 Å². The summed E-state index contributed by atoms with van der Waals surface area (Å²) in [5.74, 6) is 0.149. The number of carbonyl (C=O) groups excluding carboxylic acids is 1. The molecule has 0 bridgehead atoms. The second-order valence-electron chi connectivity index (χ2n) is 5.39. The molecule has 5 heteroatoms. The van der Waals surface area contributed by atoms with E-state index in [2.05, 4.69) is 27.4 Å². The van der Waals surface area contributed by atoms with Crippen LogP contribution >= 0.6 is 0 Å². The average molecular weight is 283 g/mol. The molecule has 0 aliphatic heterocycles. The van der Waals surface area contributed by atoms with E-state index in [9.17, 15) is 9.59 Å². The number of aromatic amines is 1. The fourth-order valence-corrected chi connectivity index (χ4v) is 2.73. The number of nitrogens with one attached hydrogen (secondary N) is 2. The zero-order chi connectivity index (χ0) is 14.8. The Morgan fingerprint density at radius 2 is 2.10 bits per heavy atom. The van der Waals surface area contributed by atoms with Gasteiger partial charge in [-0.1, -0.05) is 24.3 Å². The molecule has 1 heterocycles. The van der Waals surface area contributed by atoms with Crippen LogP contribution in [0.2, 0.25) is 0 Å². The first kappa shape index (κ1) is 13.5. The van der Waals surface area contributed by atoms with Gasteiger partial charge in [-0.05, 0) is 37.3 Å². The molecule has 2 N–H and O–H groups in total. The van der Waals surface area contributed by atoms with E-state index in [1.54, 1.807) is 6.92 Å². The van der Waals surface area contributed by atoms with E-state index in [1.165, 1.54) is 17.3 Å². The fourth-order valence-electron chi connectivity index (χ4n) is 2.73. The Balaban J connectivity index is 1.73. The normalized spacial score (nSPS) is 17.1. The van der Waals surface area contributed by atoms with E-state index in [0.717, 1.165) is 19.3 Å². The number of hydrogen-bond donors (Lipinski definition) is 2. The largest absolute Gasteiger partial charge is 0.349 e. The summed E-state index contributed by atoms with van der Waals surface area (Å²) in [6, 6.07) is 8.33. The number of hydrogen-bond acceptors (Lipinski definition) is 3. The van der Waals surface area contributed by atoms with Crippen LogP contribution in [-0.2, 0) is 12.8 Å². The molecular formula is C16H17N3O2. The first-order valence-corrected chi connectivity index (χ1v) is 7.07. The fraction of sp³-hybridized carbons (Fsp3) is 0.312. The Bertz CT molecular complexity index is 736. The number of aromatic nitrogens is 2. The number of fused-ring (bicyclic) bond motifs is 1. The molecule has 21 heavy (non-hydrogen) atoms. The van der Waals surface area contributed by atoms with Crippen molar-refractivity contribution in [1.82, 2.24) is 15.3 Å². The maximum atomic E-state index is 12.2. The van der Waals surface area contributed by atoms with Crippen molar-refractivity contribution in [2.45, 2.75) is 32.2 Å². The van der Waals surface area contributed by atoms with Crippen molar-refractivity contribution in [1.29, 1.82) is 0 Å². The van der Waals surface area contributed by atoms with E-state index in [0.29, 0.717) is 5.82 Å². The number of nitrogens with zero attached hydrogens (tertiary/aromatic N) is 1. The van der Waals surface area contributed by atoms with Gasteiger partial charge in [-0.3, -0.25) is 9.59 Å². The van der Waals surface area contributed by atoms with E-state index >= 15 is 0 Å². The van der Waals surface area contributed by atoms with Crippen LogP contribution in [0.25, 0.3) is 0 Å². The highest BCUT2D eigenvalue weighted by Crippen LogP contribution is 2.21. The third-order valence-corrected chi connectivity index (χ3v) is 3.85. The summed E-state index contributed by atoms with van der Waals surface area (Å²) in [7, 11) is 0. The number of benzene rings is 1. The summed E-state index contributed by atoms with van der Waals surface area (Å²) in [5.41, 5.74) is 2.29. The number of rotatable bonds is 2. The highest BCUT2D eigenvalue weighted by atomic mass is 16.2. The molecule has 0 saturated carbocycles. The molecule has 1 aromatic heterocycles. The lowest BCUT2D eigenvalue weighted by Gasteiger charge is -2.25. The van der Waals surface area contributed by atoms with Crippen molar-refractivity contribution in [2.24, 2.45) is 0 Å². The molecule has 0 spiro atoms. The molecule has 2 aromatic rings. The van der Waals surface area contributed by atoms with Gasteiger partial charge in [0.05, 0.1) is 0 Å². The van der Waals surface area contributed by atoms with Crippen LogP contribution in [-0.4, -0.2) is 21.9 Å². The molecule has 5 nitrogen and oxygen atoms in total. The van der Waals surface area contributed by atoms with Gasteiger partial charge in [-0.25, -0.2) is 4.98 Å². The first-order chi connectivity index (χ1) is 10.1. The van der Waals surface area contributed by atoms with Crippen molar-refractivity contribution in [3.05, 3.63) is 63.3 Å². The molecule has 1 aliphatic carbocycles. The van der Waals surface area contributed by atoms with Crippen molar-refractivity contribution in [2.75, 3.05) is 0 Å². The Morgan fingerprint density at radius 3 is 2.86 bits per heavy atom. The topological polar surface area (TPSA) is 74.8 Å². The minimum Gasteiger partial charge on any atom is -0.349 e. The number of carbonyl (C=O) groups is 1. The van der Waals surface area contributed by atoms with Crippen LogP contribution in [0.4, 0.5) is 0 Å². The Kier molecular flexibility index (Phi) is 3.56. The molecule has 0 unspecified atom stereocenters. The third-order valence-electron chi connectivity index (χ3n) is 3.85. The minimum absolute atomic E-state index is 0.0631. The van der Waals surface area contributed by atoms with Crippen molar-refractivity contribution in [3.63, 3.8) is 0 Å². The molecule has 1 atom stereocenters. The second kappa shape index (κ2) is 5.52. The molecule has 1 aliphatic rings. The average Bonchev–Trinajstić information content (AvgIpc) is 2.47. The van der Waals surface area contributed by atoms with Crippen molar-refractivity contribution < 1.29 is 4.79 Å². The molecular weight excluding hydrogens is 266 g/mol. The summed E-state index contributed by atoms with van der Waals surface area (Å²) in [5, 5.41) is 2.94. The monoisotopic (exact) mass is 283 g/mol. The molecule has 1 aromatic carbocycles. The zero-order valence-corrected chi connectivity index (χ0v) is 11.8. The molecule has 108 valence electrons. The lowest BCUT2D eigenvalue weighted by atomic mass is 9.88. The predicted octanol–water partition coefficient (Wildman–Crippen LogP) is 1.37. The summed E-state index contributed by atoms with van der Waals surface area (Å²) in [6.07, 6.45) is 3.98. The van der Waals surface area contributed by atoms with Gasteiger partial charge in [0.1, 0.15) is 11.4 Å². The van der Waals surface area contributed by atoms with Crippen LogP contribution in [0.1, 0.15) is 33.7 Å². The van der Waals surface area contributed by atoms with Crippen molar-refractivity contribution in [3.8, 4) is 0 Å². The standard InChI is InChI=1S/C16H17N3O2/c1-10-17-9-14(15(20)18-10)16(21)19-13-7-6-11-4-2-3-5-12(11)8-13/h2-5,9,13H,6-8H2,1H3,(H,19,21)(H,17,18,20)/t13-/m1/s1. The quantitative estimate of drug-likeness (QED) is 0.874. The van der Waals surface area contributed by atoms with Gasteiger partial charge >= 0.3 is 0 Å². The first-order valence-electron chi connectivity index (χ1n) is 7.07. The molecule has 1 amide bonds. The third kappa shape index (κ3) is 2.86. The molecule has 0 fully saturated rings. The lowest BCUT2D eigenvalue weighted by molar-refractivity contribution is 0.0931. The highest BCUT2D eigenvalue weighted by Gasteiger charge is 2.21. The van der Waals surface area contributed by atoms with Crippen LogP contribution in [0.5, 0.6) is 0 Å². The van der Waals surface area contributed by atoms with Gasteiger partial charge in [-0.2, -0.15) is 0 Å². The maximum absolute atomic E-state index is 12.2. The van der Waals surface area contributed by atoms with Gasteiger partial charge in [-0.15, -0.1) is 0 Å². The summed E-state index contributed by atoms with van der Waals surface area (Å²) in [6.45, 7) is 1.68. The SMILES string of the molecule is Cc1ncc(C(=O)N[C@@H]2CCc3ccccc3C2)c(=O)[nH]1. The van der Waals surface area contributed by atoms with Crippen LogP contribution in [0.3, 0.4) is 0 Å². The molecule has 3 rings (SSSR count). The van der Waals surface area contributed by atoms with Gasteiger partial charge in [0.25, 0.3) is 11.5 Å². The zero-order valence-electron chi connectivity index (χ0n) is 11.8. The van der Waals surface area contributed by atoms with Gasteiger partial charge in [0, 0.05) is 12.2 Å². The molecule has 0 saturated heterocycles. The number of amides is 1. The Morgan fingerprint density at radius 1 is 1.33 bits per heavy atom. The second-order valence-corrected chi connectivity index (χ2v) is 5.39. The lowest BCUT2D eigenvalue weighted by Crippen LogP contribution is -2.41. The van der Waals surface area contributed by atoms with Crippen molar-refractivity contribution >= 4 is 5.91 Å². The Labute approximate surface area is 122 Å². The van der Waals surface area contributed by atoms with Crippen LogP contribution in [0, 0.1) is 6.92 Å². The highest BCUT2D eigenvalue weighted by molar-refractivity contribution is 5.93. The molecule has 0 radical (unpaired) electrons. The smallest absolute Gasteiger partial charge is 0.263 e. The summed E-state index contributed by atoms with van der Waals surface area (Å²) < 4.78 is 0. The van der Waals surface area contributed by atoms with Crippen LogP contribution < -0.4 is 10.9 Å². The maximum Gasteiger partial charge on any atom is 0.263 e. The number of aryl methyl sites for hydroxylation is 2. The predicted molar refractivity (Wildman–Crippen MR) is 79.3 cm³/mol. The van der Waals surface area contributed by atoms with E-state index in [-0.39, 0.29) is 17.5 Å². The summed E-state index contributed by atoms with van der Waals surface area (Å²) in [4.78, 5) is 30.5. The minimum atomic E-state index is -0.392. The summed E-state index contributed by atoms with van der Waals surface area (Å²) >= 11 is 0. The van der Waals surface area contributed by atoms with Gasteiger partial charge < -0.3 is 10.3 Å². The van der Waals surface area contributed by atoms with E-state index in [1.807, 2.05) is 12.1 Å². The van der Waals surface area contributed by atoms with E-state index in [4.69, 9.17) is 0 Å².